The van der Waals surface area contributed by atoms with E-state index in [2.05, 4.69) is 43.8 Å². The number of aromatic nitrogens is 1. The second-order valence-electron chi connectivity index (χ2n) is 12.0. The zero-order chi connectivity index (χ0) is 26.7. The van der Waals surface area contributed by atoms with E-state index in [0.717, 1.165) is 0 Å². The van der Waals surface area contributed by atoms with Crippen molar-refractivity contribution in [3.63, 3.8) is 0 Å². The van der Waals surface area contributed by atoms with Gasteiger partial charge in [-0.15, -0.1) is 0 Å². The van der Waals surface area contributed by atoms with Gasteiger partial charge in [-0.2, -0.15) is 0 Å². The van der Waals surface area contributed by atoms with Crippen LogP contribution in [0.5, 0.6) is 0 Å². The van der Waals surface area contributed by atoms with Crippen LogP contribution in [0.2, 0.25) is 0 Å². The van der Waals surface area contributed by atoms with Crippen molar-refractivity contribution < 1.29 is 4.57 Å². The highest BCUT2D eigenvalue weighted by atomic mass is 14.9. The highest BCUT2D eigenvalue weighted by Gasteiger charge is 2.10. The second-order valence-corrected chi connectivity index (χ2v) is 12.0. The summed E-state index contributed by atoms with van der Waals surface area (Å²) in [6.07, 6.45) is 42.9. The lowest BCUT2D eigenvalue weighted by molar-refractivity contribution is -0.697. The minimum absolute atomic E-state index is 1.21. The molecule has 1 nitrogen and oxygen atoms in total. The monoisotopic (exact) mass is 515 g/mol. The summed E-state index contributed by atoms with van der Waals surface area (Å²) in [5.41, 5.74) is 3.31. The molecule has 0 aliphatic rings. The van der Waals surface area contributed by atoms with E-state index in [1.54, 1.807) is 11.1 Å². The van der Waals surface area contributed by atoms with Crippen LogP contribution in [0.1, 0.15) is 192 Å². The predicted molar refractivity (Wildman–Crippen MR) is 166 cm³/mol. The number of hydrogen-bond acceptors (Lipinski definition) is 0. The van der Waals surface area contributed by atoms with E-state index in [1.165, 1.54) is 180 Å². The van der Waals surface area contributed by atoms with Gasteiger partial charge < -0.3 is 0 Å². The summed E-state index contributed by atoms with van der Waals surface area (Å²) >= 11 is 0. The summed E-state index contributed by atoms with van der Waals surface area (Å²) in [5.74, 6) is 0. The van der Waals surface area contributed by atoms with Crippen LogP contribution in [-0.2, 0) is 19.4 Å². The molecule has 0 atom stereocenters. The van der Waals surface area contributed by atoms with Gasteiger partial charge in [0.25, 0.3) is 0 Å². The molecule has 1 heteroatoms. The lowest BCUT2D eigenvalue weighted by Gasteiger charge is -2.10. The Hall–Kier alpha value is -0.850. The van der Waals surface area contributed by atoms with Crippen LogP contribution in [0.4, 0.5) is 0 Å². The molecule has 0 fully saturated rings. The number of nitrogens with zero attached hydrogens (tertiary/aromatic N) is 1. The predicted octanol–water partition coefficient (Wildman–Crippen LogP) is 11.9. The summed E-state index contributed by atoms with van der Waals surface area (Å²) in [6, 6.07) is 2.48. The first-order chi connectivity index (χ1) is 18.3. The molecule has 0 aliphatic carbocycles. The molecule has 0 amide bonds. The summed E-state index contributed by atoms with van der Waals surface area (Å²) < 4.78 is 2.51. The summed E-state index contributed by atoms with van der Waals surface area (Å²) in [4.78, 5) is 0. The van der Waals surface area contributed by atoms with E-state index in [9.17, 15) is 0 Å². The van der Waals surface area contributed by atoms with Crippen molar-refractivity contribution in [1.29, 1.82) is 0 Å². The van der Waals surface area contributed by atoms with E-state index < -0.39 is 0 Å². The lowest BCUT2D eigenvalue weighted by Crippen LogP contribution is -2.34. The standard InChI is InChI=1S/C36H68N/c1-4-7-10-13-16-19-22-25-28-32-37-33-31-35(29-26-23-20-17-14-11-8-5-2)36(34-37)30-27-24-21-18-15-12-9-6-3/h31,33-34H,4-30,32H2,1-3H3/q+1. The minimum atomic E-state index is 1.21. The minimum Gasteiger partial charge on any atom is -0.205 e. The van der Waals surface area contributed by atoms with Gasteiger partial charge >= 0.3 is 0 Å². The fraction of sp³-hybridized carbons (Fsp3) is 0.861. The maximum atomic E-state index is 2.53. The first-order valence-corrected chi connectivity index (χ1v) is 17.3. The molecule has 0 spiro atoms. The Balaban J connectivity index is 2.39. The Morgan fingerprint density at radius 1 is 0.405 bits per heavy atom. The molecule has 1 aromatic rings. The molecule has 0 bridgehead atoms. The van der Waals surface area contributed by atoms with Gasteiger partial charge in [0.15, 0.2) is 12.4 Å². The molecular weight excluding hydrogens is 446 g/mol. The molecule has 1 heterocycles. The normalized spacial score (nSPS) is 11.4. The molecule has 0 N–H and O–H groups in total. The van der Waals surface area contributed by atoms with Gasteiger partial charge in [-0.1, -0.05) is 156 Å². The Morgan fingerprint density at radius 3 is 1.19 bits per heavy atom. The van der Waals surface area contributed by atoms with Crippen LogP contribution in [-0.4, -0.2) is 0 Å². The van der Waals surface area contributed by atoms with Crippen molar-refractivity contribution in [2.45, 2.75) is 201 Å². The first-order valence-electron chi connectivity index (χ1n) is 17.3. The topological polar surface area (TPSA) is 3.88 Å². The fourth-order valence-electron chi connectivity index (χ4n) is 5.73. The summed E-state index contributed by atoms with van der Waals surface area (Å²) in [5, 5.41) is 0. The second kappa shape index (κ2) is 26.7. The van der Waals surface area contributed by atoms with Crippen LogP contribution in [0.15, 0.2) is 18.5 Å². The van der Waals surface area contributed by atoms with Gasteiger partial charge in [0, 0.05) is 18.1 Å². The van der Waals surface area contributed by atoms with Crippen LogP contribution in [0.3, 0.4) is 0 Å². The number of unbranched alkanes of at least 4 members (excludes halogenated alkanes) is 22. The van der Waals surface area contributed by atoms with Crippen LogP contribution < -0.4 is 4.57 Å². The Morgan fingerprint density at radius 2 is 0.757 bits per heavy atom. The van der Waals surface area contributed by atoms with E-state index in [1.807, 2.05) is 0 Å². The highest BCUT2D eigenvalue weighted by Crippen LogP contribution is 2.17. The van der Waals surface area contributed by atoms with E-state index >= 15 is 0 Å². The van der Waals surface area contributed by atoms with Gasteiger partial charge in [0.05, 0.1) is 0 Å². The van der Waals surface area contributed by atoms with Gasteiger partial charge in [0.2, 0.25) is 0 Å². The van der Waals surface area contributed by atoms with Gasteiger partial charge in [-0.25, -0.2) is 4.57 Å². The van der Waals surface area contributed by atoms with Crippen LogP contribution in [0.25, 0.3) is 0 Å². The maximum Gasteiger partial charge on any atom is 0.172 e. The van der Waals surface area contributed by atoms with Crippen molar-refractivity contribution in [1.82, 2.24) is 0 Å². The molecule has 0 unspecified atom stereocenters. The number of hydrogen-bond donors (Lipinski definition) is 0. The lowest BCUT2D eigenvalue weighted by atomic mass is 9.97. The van der Waals surface area contributed by atoms with Crippen molar-refractivity contribution >= 4 is 0 Å². The van der Waals surface area contributed by atoms with E-state index in [4.69, 9.17) is 0 Å². The van der Waals surface area contributed by atoms with E-state index in [-0.39, 0.29) is 0 Å². The largest absolute Gasteiger partial charge is 0.205 e. The van der Waals surface area contributed by atoms with Gasteiger partial charge in [-0.3, -0.25) is 0 Å². The maximum absolute atomic E-state index is 2.53. The van der Waals surface area contributed by atoms with Crippen LogP contribution >= 0.6 is 0 Å². The molecule has 0 aliphatic heterocycles. The van der Waals surface area contributed by atoms with Gasteiger partial charge in [-0.05, 0) is 37.7 Å². The van der Waals surface area contributed by atoms with Crippen molar-refractivity contribution in [2.75, 3.05) is 0 Å². The Kier molecular flexibility index (Phi) is 24.7. The molecule has 1 aromatic heterocycles. The molecular formula is C36H68N+. The average molecular weight is 515 g/mol. The van der Waals surface area contributed by atoms with Gasteiger partial charge in [0.1, 0.15) is 6.54 Å². The molecule has 1 rings (SSSR count). The zero-order valence-electron chi connectivity index (χ0n) is 26.0. The molecule has 37 heavy (non-hydrogen) atoms. The molecule has 0 aromatic carbocycles. The van der Waals surface area contributed by atoms with E-state index in [0.29, 0.717) is 0 Å². The molecule has 0 saturated carbocycles. The smallest absolute Gasteiger partial charge is 0.172 e. The SMILES string of the molecule is CCCCCCCCCCC[n+]1ccc(CCCCCCCCCC)c(CCCCCCCCCC)c1. The Bertz CT molecular complexity index is 592. The van der Waals surface area contributed by atoms with Crippen molar-refractivity contribution in [3.05, 3.63) is 29.6 Å². The Labute approximate surface area is 234 Å². The first kappa shape index (κ1) is 34.2. The molecule has 216 valence electrons. The summed E-state index contributed by atoms with van der Waals surface area (Å²) in [6.45, 7) is 8.14. The average Bonchev–Trinajstić information content (AvgIpc) is 2.91. The number of aryl methyl sites for hydroxylation is 3. The summed E-state index contributed by atoms with van der Waals surface area (Å²) in [7, 11) is 0. The highest BCUT2D eigenvalue weighted by molar-refractivity contribution is 5.21. The third kappa shape index (κ3) is 20.7. The third-order valence-corrected chi connectivity index (χ3v) is 8.32. The number of pyridine rings is 1. The van der Waals surface area contributed by atoms with Crippen LogP contribution in [0, 0.1) is 0 Å². The van der Waals surface area contributed by atoms with Crippen molar-refractivity contribution in [3.8, 4) is 0 Å². The third-order valence-electron chi connectivity index (χ3n) is 8.32. The fourth-order valence-corrected chi connectivity index (χ4v) is 5.73. The molecule has 0 saturated heterocycles. The van der Waals surface area contributed by atoms with Crippen molar-refractivity contribution in [2.24, 2.45) is 0 Å². The molecule has 0 radical (unpaired) electrons. The zero-order valence-corrected chi connectivity index (χ0v) is 26.0. The quantitative estimate of drug-likeness (QED) is 0.0773. The number of rotatable bonds is 28.